The maximum Gasteiger partial charge on any atom is 0.416 e. The van der Waals surface area contributed by atoms with Crippen LogP contribution in [0.15, 0.2) is 48.5 Å². The molecule has 0 bridgehead atoms. The van der Waals surface area contributed by atoms with E-state index >= 15 is 0 Å². The van der Waals surface area contributed by atoms with E-state index in [-0.39, 0.29) is 17.7 Å². The highest BCUT2D eigenvalue weighted by Gasteiger charge is 2.46. The number of ether oxygens (including phenoxy) is 3. The van der Waals surface area contributed by atoms with Crippen molar-refractivity contribution in [1.29, 1.82) is 0 Å². The van der Waals surface area contributed by atoms with Crippen LogP contribution >= 0.6 is 12.2 Å². The molecule has 210 valence electrons. The first-order chi connectivity index (χ1) is 17.8. The van der Waals surface area contributed by atoms with E-state index in [1.165, 1.54) is 14.2 Å². The summed E-state index contributed by atoms with van der Waals surface area (Å²) in [6.45, 7) is 0.335. The van der Waals surface area contributed by atoms with Gasteiger partial charge in [0.2, 0.25) is 0 Å². The first kappa shape index (κ1) is 30.1. The summed E-state index contributed by atoms with van der Waals surface area (Å²) in [4.78, 5) is 0. The molecule has 7 nitrogen and oxygen atoms in total. The van der Waals surface area contributed by atoms with E-state index in [9.17, 15) is 31.4 Å². The summed E-state index contributed by atoms with van der Waals surface area (Å²) in [6, 6.07) is 9.93. The van der Waals surface area contributed by atoms with Crippen molar-refractivity contribution in [1.82, 2.24) is 10.6 Å². The van der Waals surface area contributed by atoms with Gasteiger partial charge in [0.1, 0.15) is 12.2 Å². The molecular weight excluding hydrogens is 540 g/mol. The molecule has 3 rings (SSSR count). The predicted molar refractivity (Wildman–Crippen MR) is 130 cm³/mol. The molecular formula is C24H27F6N3O4S. The smallest absolute Gasteiger partial charge is 0.377 e. The molecule has 1 aliphatic heterocycles. The zero-order valence-electron chi connectivity index (χ0n) is 20.3. The van der Waals surface area contributed by atoms with Gasteiger partial charge in [-0.1, -0.05) is 30.3 Å². The number of thiocarbonyl (C=S) groups is 1. The molecule has 0 spiro atoms. The zero-order valence-corrected chi connectivity index (χ0v) is 21.1. The predicted octanol–water partition coefficient (Wildman–Crippen LogP) is 3.92. The highest BCUT2D eigenvalue weighted by atomic mass is 32.1. The summed E-state index contributed by atoms with van der Waals surface area (Å²) in [5.41, 5.74) is -2.50. The fourth-order valence-electron chi connectivity index (χ4n) is 4.10. The van der Waals surface area contributed by atoms with Crippen LogP contribution in [0.1, 0.15) is 16.7 Å². The van der Waals surface area contributed by atoms with Crippen molar-refractivity contribution in [3.05, 3.63) is 65.2 Å². The van der Waals surface area contributed by atoms with Crippen molar-refractivity contribution >= 4 is 23.0 Å². The van der Waals surface area contributed by atoms with Gasteiger partial charge in [-0.2, -0.15) is 26.3 Å². The summed E-state index contributed by atoms with van der Waals surface area (Å²) in [6.07, 6.45) is -13.6. The largest absolute Gasteiger partial charge is 0.416 e. The van der Waals surface area contributed by atoms with Crippen LogP contribution in [-0.4, -0.2) is 61.6 Å². The average molecular weight is 568 g/mol. The van der Waals surface area contributed by atoms with Crippen molar-refractivity contribution in [3.8, 4) is 0 Å². The second-order valence-electron chi connectivity index (χ2n) is 8.49. The third kappa shape index (κ3) is 7.77. The molecule has 0 unspecified atom stereocenters. The molecule has 2 aromatic rings. The van der Waals surface area contributed by atoms with Crippen LogP contribution in [0.25, 0.3) is 0 Å². The van der Waals surface area contributed by atoms with Crippen molar-refractivity contribution in [2.45, 2.75) is 49.5 Å². The van der Waals surface area contributed by atoms with Crippen molar-refractivity contribution in [2.24, 2.45) is 0 Å². The first-order valence-corrected chi connectivity index (χ1v) is 11.7. The molecule has 0 saturated carbocycles. The van der Waals surface area contributed by atoms with Gasteiger partial charge in [0.05, 0.1) is 23.3 Å². The molecule has 1 aliphatic rings. The molecule has 5 atom stereocenters. The number of benzene rings is 2. The second-order valence-corrected chi connectivity index (χ2v) is 8.90. The Labute approximate surface area is 220 Å². The SMILES string of the molecule is CO[C@@H]1[C@@H](OC)[C@@H](NCc2ccccc2)[C@@H](CNC(=S)Nc2cc(C(F)(F)F)cc(C(F)(F)F)c2)O[C@@H]1O. The standard InChI is InChI=1S/C24H27F6N3O4S/c1-35-19-18(31-11-13-6-4-3-5-7-13)17(37-21(34)20(19)36-2)12-32-22(38)33-16-9-14(23(25,26)27)8-15(10-16)24(28,29)30/h3-10,17-21,31,34H,11-12H2,1-2H3,(H2,32,33,38)/t17-,18+,19+,20-,21+/m1/s1. The molecule has 0 aliphatic carbocycles. The lowest BCUT2D eigenvalue weighted by atomic mass is 9.95. The number of aliphatic hydroxyl groups is 1. The van der Waals surface area contributed by atoms with Crippen LogP contribution in [0.3, 0.4) is 0 Å². The Balaban J connectivity index is 1.74. The highest BCUT2D eigenvalue weighted by Crippen LogP contribution is 2.37. The number of hydrogen-bond donors (Lipinski definition) is 4. The van der Waals surface area contributed by atoms with Crippen LogP contribution in [-0.2, 0) is 33.1 Å². The quantitative estimate of drug-likeness (QED) is 0.283. The van der Waals surface area contributed by atoms with Gasteiger partial charge in [0.25, 0.3) is 0 Å². The minimum Gasteiger partial charge on any atom is -0.377 e. The molecule has 38 heavy (non-hydrogen) atoms. The lowest BCUT2D eigenvalue weighted by molar-refractivity contribution is -0.266. The molecule has 0 radical (unpaired) electrons. The molecule has 1 heterocycles. The average Bonchev–Trinajstić information content (AvgIpc) is 2.85. The van der Waals surface area contributed by atoms with Gasteiger partial charge in [-0.15, -0.1) is 0 Å². The van der Waals surface area contributed by atoms with Gasteiger partial charge in [-0.3, -0.25) is 0 Å². The second kappa shape index (κ2) is 12.6. The highest BCUT2D eigenvalue weighted by molar-refractivity contribution is 7.80. The van der Waals surface area contributed by atoms with Gasteiger partial charge in [-0.05, 0) is 36.0 Å². The Morgan fingerprint density at radius 1 is 0.947 bits per heavy atom. The maximum absolute atomic E-state index is 13.2. The summed E-state index contributed by atoms with van der Waals surface area (Å²) < 4.78 is 95.5. The Morgan fingerprint density at radius 2 is 1.53 bits per heavy atom. The fraction of sp³-hybridized carbons (Fsp3) is 0.458. The minimum absolute atomic E-state index is 0.0268. The molecule has 14 heteroatoms. The van der Waals surface area contributed by atoms with E-state index in [0.29, 0.717) is 18.7 Å². The van der Waals surface area contributed by atoms with E-state index in [2.05, 4.69) is 16.0 Å². The minimum atomic E-state index is -5.00. The van der Waals surface area contributed by atoms with E-state index in [1.54, 1.807) is 0 Å². The van der Waals surface area contributed by atoms with Gasteiger partial charge in [-0.25, -0.2) is 0 Å². The maximum atomic E-state index is 13.2. The lowest BCUT2D eigenvalue weighted by Gasteiger charge is -2.44. The normalized spacial score (nSPS) is 24.2. The summed E-state index contributed by atoms with van der Waals surface area (Å²) in [5.74, 6) is 0. The summed E-state index contributed by atoms with van der Waals surface area (Å²) >= 11 is 5.11. The van der Waals surface area contributed by atoms with Crippen molar-refractivity contribution in [3.63, 3.8) is 0 Å². The van der Waals surface area contributed by atoms with Crippen LogP contribution in [0.2, 0.25) is 0 Å². The third-order valence-electron chi connectivity index (χ3n) is 5.91. The van der Waals surface area contributed by atoms with Gasteiger partial charge < -0.3 is 35.3 Å². The number of anilines is 1. The number of nitrogens with one attached hydrogen (secondary N) is 3. The molecule has 1 fully saturated rings. The van der Waals surface area contributed by atoms with Crippen molar-refractivity contribution < 1.29 is 45.7 Å². The number of halogens is 6. The lowest BCUT2D eigenvalue weighted by Crippen LogP contribution is -2.65. The van der Waals surface area contributed by atoms with Gasteiger partial charge >= 0.3 is 12.4 Å². The zero-order chi connectivity index (χ0) is 28.1. The molecule has 4 N–H and O–H groups in total. The number of methoxy groups -OCH3 is 2. The number of hydrogen-bond acceptors (Lipinski definition) is 6. The van der Waals surface area contributed by atoms with Crippen LogP contribution in [0, 0.1) is 0 Å². The van der Waals surface area contributed by atoms with E-state index in [4.69, 9.17) is 26.4 Å². The van der Waals surface area contributed by atoms with Crippen LogP contribution < -0.4 is 16.0 Å². The third-order valence-corrected chi connectivity index (χ3v) is 6.16. The van der Waals surface area contributed by atoms with Crippen molar-refractivity contribution in [2.75, 3.05) is 26.1 Å². The molecule has 0 amide bonds. The van der Waals surface area contributed by atoms with Crippen LogP contribution in [0.5, 0.6) is 0 Å². The molecule has 1 saturated heterocycles. The summed E-state index contributed by atoms with van der Waals surface area (Å²) in [5, 5.41) is 18.6. The Hall–Kier alpha value is -2.49. The Kier molecular flexibility index (Phi) is 9.95. The van der Waals surface area contributed by atoms with Gasteiger partial charge in [0.15, 0.2) is 11.4 Å². The van der Waals surface area contributed by atoms with E-state index in [1.807, 2.05) is 30.3 Å². The van der Waals surface area contributed by atoms with E-state index < -0.39 is 59.8 Å². The summed E-state index contributed by atoms with van der Waals surface area (Å²) in [7, 11) is 2.83. The first-order valence-electron chi connectivity index (χ1n) is 11.3. The monoisotopic (exact) mass is 567 g/mol. The fourth-order valence-corrected chi connectivity index (χ4v) is 4.30. The van der Waals surface area contributed by atoms with Crippen LogP contribution in [0.4, 0.5) is 32.0 Å². The van der Waals surface area contributed by atoms with E-state index in [0.717, 1.165) is 5.56 Å². The number of rotatable bonds is 8. The number of aliphatic hydroxyl groups excluding tert-OH is 1. The Bertz CT molecular complexity index is 1040. The Morgan fingerprint density at radius 3 is 2.05 bits per heavy atom. The molecule has 0 aromatic heterocycles. The van der Waals surface area contributed by atoms with Gasteiger partial charge in [0, 0.05) is 33.0 Å². The number of alkyl halides is 6. The topological polar surface area (TPSA) is 84.0 Å². The molecule has 2 aromatic carbocycles.